The number of carbonyl (C=O) groups excluding carboxylic acids is 2. The number of pyridine rings is 1. The molecule has 3 amide bonds. The number of nitrogens with zero attached hydrogens (tertiary/aromatic N) is 3. The number of aliphatic carboxylic acids is 1. The van der Waals surface area contributed by atoms with Crippen molar-refractivity contribution in [1.82, 2.24) is 20.1 Å². The molecule has 196 valence electrons. The number of aromatic nitrogens is 1. The largest absolute Gasteiger partial charge is 0.481 e. The van der Waals surface area contributed by atoms with Gasteiger partial charge in [0.1, 0.15) is 11.7 Å². The van der Waals surface area contributed by atoms with Crippen molar-refractivity contribution in [2.24, 2.45) is 0 Å². The lowest BCUT2D eigenvalue weighted by atomic mass is 10.0. The fourth-order valence-corrected chi connectivity index (χ4v) is 4.30. The molecule has 0 saturated carbocycles. The molecule has 1 atom stereocenters. The van der Waals surface area contributed by atoms with E-state index in [1.165, 1.54) is 9.80 Å². The summed E-state index contributed by atoms with van der Waals surface area (Å²) >= 11 is 0. The predicted molar refractivity (Wildman–Crippen MR) is 139 cm³/mol. The summed E-state index contributed by atoms with van der Waals surface area (Å²) < 4.78 is 0. The normalized spacial score (nSPS) is 14.0. The fourth-order valence-electron chi connectivity index (χ4n) is 4.30. The van der Waals surface area contributed by atoms with Crippen molar-refractivity contribution in [2.75, 3.05) is 26.2 Å². The van der Waals surface area contributed by atoms with Crippen LogP contribution in [0.3, 0.4) is 0 Å². The standard InChI is InChI=1S/C28H28N4O6/c33-25(34)12-11-22(27(36)31-13-15-32(16-14-31)28(37)38)30-26(35)24-18-21(19-7-3-1-4-8-19)17-23(29-24)20-9-5-2-6-10-20/h1-10,17-18,22H,11-16H2,(H,30,35)(H,33,34)(H,37,38)/t22-/m0/s1. The zero-order valence-corrected chi connectivity index (χ0v) is 20.6. The Morgan fingerprint density at radius 2 is 1.37 bits per heavy atom. The van der Waals surface area contributed by atoms with Crippen LogP contribution in [-0.4, -0.2) is 81.1 Å². The second kappa shape index (κ2) is 12.0. The Labute approximate surface area is 219 Å². The molecule has 10 nitrogen and oxygen atoms in total. The van der Waals surface area contributed by atoms with Gasteiger partial charge in [-0.25, -0.2) is 9.78 Å². The summed E-state index contributed by atoms with van der Waals surface area (Å²) in [7, 11) is 0. The van der Waals surface area contributed by atoms with Gasteiger partial charge in [0.2, 0.25) is 5.91 Å². The topological polar surface area (TPSA) is 140 Å². The zero-order valence-electron chi connectivity index (χ0n) is 20.6. The third-order valence-corrected chi connectivity index (χ3v) is 6.35. The van der Waals surface area contributed by atoms with E-state index in [4.69, 9.17) is 5.11 Å². The van der Waals surface area contributed by atoms with Gasteiger partial charge in [-0.3, -0.25) is 14.4 Å². The number of amides is 3. The van der Waals surface area contributed by atoms with Crippen molar-refractivity contribution >= 4 is 23.9 Å². The molecule has 1 aliphatic rings. The Kier molecular flexibility index (Phi) is 8.32. The molecule has 4 rings (SSSR count). The second-order valence-corrected chi connectivity index (χ2v) is 8.91. The van der Waals surface area contributed by atoms with Crippen molar-refractivity contribution in [1.29, 1.82) is 0 Å². The van der Waals surface area contributed by atoms with Crippen molar-refractivity contribution in [3.8, 4) is 22.4 Å². The van der Waals surface area contributed by atoms with Gasteiger partial charge in [-0.2, -0.15) is 0 Å². The Morgan fingerprint density at radius 1 is 0.789 bits per heavy atom. The maximum absolute atomic E-state index is 13.4. The quantitative estimate of drug-likeness (QED) is 0.418. The highest BCUT2D eigenvalue weighted by Crippen LogP contribution is 2.26. The number of piperazine rings is 1. The summed E-state index contributed by atoms with van der Waals surface area (Å²) in [5.41, 5.74) is 3.14. The first-order chi connectivity index (χ1) is 18.3. The third-order valence-electron chi connectivity index (χ3n) is 6.35. The van der Waals surface area contributed by atoms with Crippen LogP contribution >= 0.6 is 0 Å². The lowest BCUT2D eigenvalue weighted by Gasteiger charge is -2.35. The molecule has 0 radical (unpaired) electrons. The van der Waals surface area contributed by atoms with Gasteiger partial charge in [-0.1, -0.05) is 60.7 Å². The average molecular weight is 517 g/mol. The number of carbonyl (C=O) groups is 4. The van der Waals surface area contributed by atoms with E-state index in [1.54, 1.807) is 6.07 Å². The Morgan fingerprint density at radius 3 is 1.95 bits per heavy atom. The molecule has 3 aromatic rings. The van der Waals surface area contributed by atoms with Crippen LogP contribution in [0, 0.1) is 0 Å². The smallest absolute Gasteiger partial charge is 0.407 e. The van der Waals surface area contributed by atoms with Crippen LogP contribution in [0.5, 0.6) is 0 Å². The van der Waals surface area contributed by atoms with E-state index in [0.717, 1.165) is 16.7 Å². The van der Waals surface area contributed by atoms with E-state index in [0.29, 0.717) is 5.69 Å². The second-order valence-electron chi connectivity index (χ2n) is 8.91. The average Bonchev–Trinajstić information content (AvgIpc) is 2.95. The molecule has 0 aliphatic carbocycles. The van der Waals surface area contributed by atoms with Crippen LogP contribution in [0.4, 0.5) is 4.79 Å². The third kappa shape index (κ3) is 6.52. The van der Waals surface area contributed by atoms with Crippen molar-refractivity contribution in [3.63, 3.8) is 0 Å². The van der Waals surface area contributed by atoms with E-state index in [-0.39, 0.29) is 44.7 Å². The first kappa shape index (κ1) is 26.3. The van der Waals surface area contributed by atoms with Crippen LogP contribution in [-0.2, 0) is 9.59 Å². The van der Waals surface area contributed by atoms with Gasteiger partial charge in [0.25, 0.3) is 5.91 Å². The highest BCUT2D eigenvalue weighted by molar-refractivity contribution is 5.97. The molecular weight excluding hydrogens is 488 g/mol. The van der Waals surface area contributed by atoms with Crippen LogP contribution in [0.25, 0.3) is 22.4 Å². The highest BCUT2D eigenvalue weighted by Gasteiger charge is 2.31. The number of hydrogen-bond donors (Lipinski definition) is 3. The lowest BCUT2D eigenvalue weighted by Crippen LogP contribution is -2.55. The summed E-state index contributed by atoms with van der Waals surface area (Å²) in [5, 5.41) is 21.1. The molecule has 1 saturated heterocycles. The van der Waals surface area contributed by atoms with Gasteiger partial charge in [0.05, 0.1) is 5.69 Å². The predicted octanol–water partition coefficient (Wildman–Crippen LogP) is 3.20. The van der Waals surface area contributed by atoms with Gasteiger partial charge in [0.15, 0.2) is 0 Å². The van der Waals surface area contributed by atoms with E-state index in [2.05, 4.69) is 10.3 Å². The van der Waals surface area contributed by atoms with Crippen LogP contribution in [0.2, 0.25) is 0 Å². The SMILES string of the molecule is O=C(O)CC[C@H](NC(=O)c1cc(-c2ccccc2)cc(-c2ccccc2)n1)C(=O)N1CCN(C(=O)O)CC1. The number of nitrogens with one attached hydrogen (secondary N) is 1. The minimum absolute atomic E-state index is 0.0917. The Hall–Kier alpha value is -4.73. The number of carboxylic acid groups (broad SMARTS) is 2. The molecule has 1 fully saturated rings. The number of benzene rings is 2. The number of carboxylic acids is 1. The van der Waals surface area contributed by atoms with Crippen LogP contribution < -0.4 is 5.32 Å². The summed E-state index contributed by atoms with van der Waals surface area (Å²) in [4.78, 5) is 56.4. The molecule has 2 heterocycles. The van der Waals surface area contributed by atoms with E-state index < -0.39 is 29.9 Å². The monoisotopic (exact) mass is 516 g/mol. The summed E-state index contributed by atoms with van der Waals surface area (Å²) in [5.74, 6) is -2.15. The molecule has 10 heteroatoms. The molecule has 38 heavy (non-hydrogen) atoms. The van der Waals surface area contributed by atoms with Crippen molar-refractivity contribution in [3.05, 3.63) is 78.5 Å². The summed E-state index contributed by atoms with van der Waals surface area (Å²) in [6.07, 6.45) is -1.49. The van der Waals surface area contributed by atoms with Gasteiger partial charge in [-0.05, 0) is 29.7 Å². The van der Waals surface area contributed by atoms with E-state index in [9.17, 15) is 24.3 Å². The van der Waals surface area contributed by atoms with E-state index in [1.807, 2.05) is 66.7 Å². The van der Waals surface area contributed by atoms with Gasteiger partial charge >= 0.3 is 12.1 Å². The first-order valence-electron chi connectivity index (χ1n) is 12.2. The van der Waals surface area contributed by atoms with Crippen molar-refractivity contribution in [2.45, 2.75) is 18.9 Å². The minimum atomic E-state index is -1.10. The van der Waals surface area contributed by atoms with Crippen LogP contribution in [0.15, 0.2) is 72.8 Å². The van der Waals surface area contributed by atoms with Crippen LogP contribution in [0.1, 0.15) is 23.3 Å². The minimum Gasteiger partial charge on any atom is -0.481 e. The molecule has 0 spiro atoms. The van der Waals surface area contributed by atoms with Gasteiger partial charge in [0, 0.05) is 38.2 Å². The zero-order chi connectivity index (χ0) is 27.1. The molecule has 2 aromatic carbocycles. The number of rotatable bonds is 8. The van der Waals surface area contributed by atoms with Gasteiger partial charge < -0.3 is 25.3 Å². The summed E-state index contributed by atoms with van der Waals surface area (Å²) in [6, 6.07) is 21.3. The molecular formula is C28H28N4O6. The Bertz CT molecular complexity index is 1250. The molecule has 3 N–H and O–H groups in total. The van der Waals surface area contributed by atoms with Gasteiger partial charge in [-0.15, -0.1) is 0 Å². The molecule has 0 unspecified atom stereocenters. The molecule has 1 aliphatic heterocycles. The van der Waals surface area contributed by atoms with E-state index >= 15 is 0 Å². The maximum Gasteiger partial charge on any atom is 0.407 e. The fraction of sp³-hybridized carbons (Fsp3) is 0.250. The number of hydrogen-bond acceptors (Lipinski definition) is 5. The summed E-state index contributed by atoms with van der Waals surface area (Å²) in [6.45, 7) is 0.596. The molecule has 0 bridgehead atoms. The lowest BCUT2D eigenvalue weighted by molar-refractivity contribution is -0.138. The molecule has 1 aromatic heterocycles. The Balaban J connectivity index is 1.61. The highest BCUT2D eigenvalue weighted by atomic mass is 16.4. The van der Waals surface area contributed by atoms with Crippen molar-refractivity contribution < 1.29 is 29.4 Å². The first-order valence-corrected chi connectivity index (χ1v) is 12.2. The maximum atomic E-state index is 13.4.